The van der Waals surface area contributed by atoms with E-state index in [9.17, 15) is 0 Å². The molecule has 1 N–H and O–H groups in total. The van der Waals surface area contributed by atoms with Crippen LogP contribution >= 0.6 is 23.6 Å². The molecule has 2 heterocycles. The van der Waals surface area contributed by atoms with Crippen molar-refractivity contribution in [2.24, 2.45) is 0 Å². The molecular formula is C11H12N2S2. The van der Waals surface area contributed by atoms with E-state index < -0.39 is 0 Å². The molecule has 0 amide bonds. The molecule has 2 aromatic rings. The number of thiazole rings is 1. The number of hydrogen-bond acceptors (Lipinski definition) is 3. The van der Waals surface area contributed by atoms with Gasteiger partial charge in [0.15, 0.2) is 3.95 Å². The molecule has 1 saturated heterocycles. The van der Waals surface area contributed by atoms with Crippen LogP contribution in [0.25, 0.3) is 10.2 Å². The van der Waals surface area contributed by atoms with Gasteiger partial charge in [-0.15, -0.1) is 11.3 Å². The largest absolute Gasteiger partial charge is 0.370 e. The molecule has 0 radical (unpaired) electrons. The Hall–Kier alpha value is -0.870. The maximum Gasteiger partial charge on any atom is 0.159 e. The van der Waals surface area contributed by atoms with Crippen molar-refractivity contribution in [1.82, 2.24) is 4.98 Å². The quantitative estimate of drug-likeness (QED) is 0.763. The molecule has 4 heteroatoms. The van der Waals surface area contributed by atoms with E-state index in [-0.39, 0.29) is 0 Å². The van der Waals surface area contributed by atoms with E-state index >= 15 is 0 Å². The molecule has 0 saturated carbocycles. The molecule has 2 nitrogen and oxygen atoms in total. The van der Waals surface area contributed by atoms with E-state index in [0.29, 0.717) is 0 Å². The third-order valence-corrected chi connectivity index (χ3v) is 4.08. The van der Waals surface area contributed by atoms with Crippen molar-refractivity contribution >= 4 is 39.5 Å². The number of hydrogen-bond donors (Lipinski definition) is 1. The van der Waals surface area contributed by atoms with E-state index in [2.05, 4.69) is 28.1 Å². The molecule has 3 rings (SSSR count). The second kappa shape index (κ2) is 3.61. The number of anilines is 1. The molecule has 0 unspecified atom stereocenters. The topological polar surface area (TPSA) is 19.0 Å². The van der Waals surface area contributed by atoms with E-state index in [1.165, 1.54) is 41.8 Å². The SMILES string of the molecule is S=c1[nH]c2c(N3CCCC3)cccc2s1. The van der Waals surface area contributed by atoms with Gasteiger partial charge in [0.05, 0.1) is 15.9 Å². The first-order chi connectivity index (χ1) is 7.34. The normalized spacial score (nSPS) is 16.4. The predicted octanol–water partition coefficient (Wildman–Crippen LogP) is 3.56. The summed E-state index contributed by atoms with van der Waals surface area (Å²) < 4.78 is 2.14. The minimum atomic E-state index is 0.872. The highest BCUT2D eigenvalue weighted by molar-refractivity contribution is 7.73. The summed E-state index contributed by atoms with van der Waals surface area (Å²) in [6.45, 7) is 2.35. The van der Waals surface area contributed by atoms with Crippen molar-refractivity contribution in [3.05, 3.63) is 22.2 Å². The van der Waals surface area contributed by atoms with Gasteiger partial charge in [-0.2, -0.15) is 0 Å². The number of para-hydroxylation sites is 1. The van der Waals surface area contributed by atoms with Crippen molar-refractivity contribution in [3.63, 3.8) is 0 Å². The lowest BCUT2D eigenvalue weighted by Crippen LogP contribution is -2.17. The standard InChI is InChI=1S/C11H12N2S2/c14-11-12-10-8(13-6-1-2-7-13)4-3-5-9(10)15-11/h3-5H,1-2,6-7H2,(H,12,14). The number of H-pyrrole nitrogens is 1. The fourth-order valence-electron chi connectivity index (χ4n) is 2.18. The van der Waals surface area contributed by atoms with Crippen LogP contribution in [0.15, 0.2) is 18.2 Å². The zero-order valence-electron chi connectivity index (χ0n) is 8.32. The summed E-state index contributed by atoms with van der Waals surface area (Å²) in [6.07, 6.45) is 2.61. The minimum Gasteiger partial charge on any atom is -0.370 e. The molecule has 0 atom stereocenters. The van der Waals surface area contributed by atoms with E-state index in [1.807, 2.05) is 0 Å². The lowest BCUT2D eigenvalue weighted by Gasteiger charge is -2.17. The highest BCUT2D eigenvalue weighted by Gasteiger charge is 2.15. The Morgan fingerprint density at radius 3 is 2.87 bits per heavy atom. The Balaban J connectivity index is 2.20. The van der Waals surface area contributed by atoms with Crippen molar-refractivity contribution in [2.75, 3.05) is 18.0 Å². The average molecular weight is 236 g/mol. The zero-order valence-corrected chi connectivity index (χ0v) is 9.96. The van der Waals surface area contributed by atoms with Crippen LogP contribution in [-0.2, 0) is 0 Å². The molecule has 78 valence electrons. The number of nitrogens with one attached hydrogen (secondary N) is 1. The van der Waals surface area contributed by atoms with Crippen molar-refractivity contribution in [2.45, 2.75) is 12.8 Å². The summed E-state index contributed by atoms with van der Waals surface area (Å²) in [7, 11) is 0. The second-order valence-electron chi connectivity index (χ2n) is 3.86. The number of nitrogens with zero attached hydrogens (tertiary/aromatic N) is 1. The van der Waals surface area contributed by atoms with Gasteiger partial charge in [-0.3, -0.25) is 0 Å². The monoisotopic (exact) mass is 236 g/mol. The lowest BCUT2D eigenvalue weighted by molar-refractivity contribution is 0.949. The highest BCUT2D eigenvalue weighted by Crippen LogP contribution is 2.30. The third kappa shape index (κ3) is 1.58. The van der Waals surface area contributed by atoms with Crippen LogP contribution in [0.4, 0.5) is 5.69 Å². The summed E-state index contributed by atoms with van der Waals surface area (Å²) in [5.74, 6) is 0. The Labute approximate surface area is 97.5 Å². The van der Waals surface area contributed by atoms with Crippen LogP contribution in [0.3, 0.4) is 0 Å². The molecule has 1 aliphatic heterocycles. The Bertz CT molecular complexity index is 535. The average Bonchev–Trinajstić information content (AvgIpc) is 2.82. The van der Waals surface area contributed by atoms with Gasteiger partial charge in [-0.1, -0.05) is 6.07 Å². The van der Waals surface area contributed by atoms with Crippen molar-refractivity contribution < 1.29 is 0 Å². The van der Waals surface area contributed by atoms with Gasteiger partial charge in [0, 0.05) is 13.1 Å². The third-order valence-electron chi connectivity index (χ3n) is 2.88. The molecular weight excluding hydrogens is 224 g/mol. The Kier molecular flexibility index (Phi) is 2.25. The molecule has 0 spiro atoms. The van der Waals surface area contributed by atoms with E-state index in [1.54, 1.807) is 11.3 Å². The van der Waals surface area contributed by atoms with E-state index in [0.717, 1.165) is 3.95 Å². The Morgan fingerprint density at radius 2 is 2.07 bits per heavy atom. The molecule has 1 aromatic heterocycles. The molecule has 0 aliphatic carbocycles. The first-order valence-corrected chi connectivity index (χ1v) is 6.44. The van der Waals surface area contributed by atoms with Gasteiger partial charge >= 0.3 is 0 Å². The van der Waals surface area contributed by atoms with Crippen LogP contribution < -0.4 is 4.90 Å². The van der Waals surface area contributed by atoms with E-state index in [4.69, 9.17) is 12.2 Å². The molecule has 1 aromatic carbocycles. The summed E-state index contributed by atoms with van der Waals surface area (Å²) in [4.78, 5) is 5.74. The fourth-order valence-corrected chi connectivity index (χ4v) is 3.31. The maximum atomic E-state index is 5.19. The Morgan fingerprint density at radius 1 is 1.27 bits per heavy atom. The van der Waals surface area contributed by atoms with Crippen LogP contribution in [-0.4, -0.2) is 18.1 Å². The van der Waals surface area contributed by atoms with Crippen LogP contribution in [0, 0.1) is 3.95 Å². The lowest BCUT2D eigenvalue weighted by atomic mass is 10.2. The first kappa shape index (κ1) is 9.36. The predicted molar refractivity (Wildman–Crippen MR) is 68.5 cm³/mol. The smallest absolute Gasteiger partial charge is 0.159 e. The maximum absolute atomic E-state index is 5.19. The second-order valence-corrected chi connectivity index (χ2v) is 5.58. The first-order valence-electron chi connectivity index (χ1n) is 5.21. The van der Waals surface area contributed by atoms with Gasteiger partial charge in [0.1, 0.15) is 0 Å². The zero-order chi connectivity index (χ0) is 10.3. The van der Waals surface area contributed by atoms with Crippen molar-refractivity contribution in [1.29, 1.82) is 0 Å². The number of aromatic amines is 1. The molecule has 1 fully saturated rings. The number of rotatable bonds is 1. The van der Waals surface area contributed by atoms with Gasteiger partial charge < -0.3 is 9.88 Å². The molecule has 15 heavy (non-hydrogen) atoms. The summed E-state index contributed by atoms with van der Waals surface area (Å²) in [6, 6.07) is 6.44. The fraction of sp³-hybridized carbons (Fsp3) is 0.364. The summed E-state index contributed by atoms with van der Waals surface area (Å²) in [5, 5.41) is 0. The van der Waals surface area contributed by atoms with Gasteiger partial charge in [-0.25, -0.2) is 0 Å². The summed E-state index contributed by atoms with van der Waals surface area (Å²) in [5.41, 5.74) is 2.53. The van der Waals surface area contributed by atoms with Gasteiger partial charge in [0.25, 0.3) is 0 Å². The number of aromatic nitrogens is 1. The van der Waals surface area contributed by atoms with Crippen LogP contribution in [0.2, 0.25) is 0 Å². The van der Waals surface area contributed by atoms with Crippen LogP contribution in [0.5, 0.6) is 0 Å². The molecule has 0 bridgehead atoms. The van der Waals surface area contributed by atoms with Crippen molar-refractivity contribution in [3.8, 4) is 0 Å². The number of fused-ring (bicyclic) bond motifs is 1. The van der Waals surface area contributed by atoms with Gasteiger partial charge in [0.2, 0.25) is 0 Å². The summed E-state index contributed by atoms with van der Waals surface area (Å²) >= 11 is 6.85. The van der Waals surface area contributed by atoms with Crippen LogP contribution in [0.1, 0.15) is 12.8 Å². The molecule has 1 aliphatic rings. The minimum absolute atomic E-state index is 0.872. The number of benzene rings is 1. The highest BCUT2D eigenvalue weighted by atomic mass is 32.1. The van der Waals surface area contributed by atoms with Gasteiger partial charge in [-0.05, 0) is 37.2 Å².